The second-order valence-corrected chi connectivity index (χ2v) is 9.43. The van der Waals surface area contributed by atoms with E-state index >= 15 is 0 Å². The first kappa shape index (κ1) is 24.9. The number of carbonyl (C=O) groups is 1. The Morgan fingerprint density at radius 3 is 2.65 bits per heavy atom. The van der Waals surface area contributed by atoms with Gasteiger partial charge in [-0.15, -0.1) is 0 Å². The van der Waals surface area contributed by atoms with Crippen LogP contribution in [-0.2, 0) is 11.2 Å². The monoisotopic (exact) mass is 517 g/mol. The van der Waals surface area contributed by atoms with Gasteiger partial charge in [-0.3, -0.25) is 14.8 Å². The van der Waals surface area contributed by atoms with Gasteiger partial charge in [0.25, 0.3) is 0 Å². The van der Waals surface area contributed by atoms with E-state index in [1.54, 1.807) is 26.4 Å². The lowest BCUT2D eigenvalue weighted by atomic mass is 9.90. The highest BCUT2D eigenvalue weighted by Gasteiger charge is 2.18. The third-order valence-electron chi connectivity index (χ3n) is 6.45. The highest BCUT2D eigenvalue weighted by Crippen LogP contribution is 2.35. The zero-order valence-corrected chi connectivity index (χ0v) is 21.5. The van der Waals surface area contributed by atoms with Gasteiger partial charge in [0, 0.05) is 30.1 Å². The number of carbonyl (C=O) groups excluding carboxylic acids is 1. The molecular weight excluding hydrogens is 490 g/mol. The van der Waals surface area contributed by atoms with Gasteiger partial charge in [0.05, 0.1) is 30.0 Å². The number of hydrogen-bond acceptors (Lipinski definition) is 9. The van der Waals surface area contributed by atoms with Crippen LogP contribution in [0.4, 0.5) is 23.1 Å². The Labute approximate surface area is 220 Å². The fraction of sp³-hybridized carbons (Fsp3) is 0.296. The van der Waals surface area contributed by atoms with E-state index in [-0.39, 0.29) is 12.2 Å². The number of nitrogens with zero attached hydrogens (tertiary/aromatic N) is 4. The van der Waals surface area contributed by atoms with E-state index in [4.69, 9.17) is 16.3 Å². The fourth-order valence-electron chi connectivity index (χ4n) is 4.62. The van der Waals surface area contributed by atoms with E-state index in [9.17, 15) is 4.79 Å². The molecule has 2 aromatic carbocycles. The van der Waals surface area contributed by atoms with E-state index in [1.165, 1.54) is 11.8 Å². The number of fused-ring (bicyclic) bond motifs is 1. The molecule has 0 unspecified atom stereocenters. The summed E-state index contributed by atoms with van der Waals surface area (Å²) in [6.07, 6.45) is 7.18. The molecule has 0 bridgehead atoms. The summed E-state index contributed by atoms with van der Waals surface area (Å²) >= 11 is 6.45. The zero-order valence-electron chi connectivity index (χ0n) is 20.7. The molecule has 9 nitrogen and oxygen atoms in total. The predicted molar refractivity (Wildman–Crippen MR) is 145 cm³/mol. The molecule has 0 spiro atoms. The van der Waals surface area contributed by atoms with E-state index in [0.717, 1.165) is 42.9 Å². The zero-order chi connectivity index (χ0) is 25.8. The number of rotatable bonds is 8. The van der Waals surface area contributed by atoms with Crippen molar-refractivity contribution < 1.29 is 9.53 Å². The van der Waals surface area contributed by atoms with Crippen LogP contribution in [0, 0.1) is 0 Å². The predicted octanol–water partition coefficient (Wildman–Crippen LogP) is 5.17. The van der Waals surface area contributed by atoms with Crippen molar-refractivity contribution in [3.8, 4) is 5.75 Å². The van der Waals surface area contributed by atoms with Gasteiger partial charge in [-0.2, -0.15) is 4.98 Å². The van der Waals surface area contributed by atoms with Crippen molar-refractivity contribution in [2.75, 3.05) is 30.8 Å². The van der Waals surface area contributed by atoms with Crippen LogP contribution in [-0.4, -0.2) is 45.9 Å². The molecule has 3 heterocycles. The van der Waals surface area contributed by atoms with Crippen molar-refractivity contribution >= 4 is 51.6 Å². The van der Waals surface area contributed by atoms with E-state index < -0.39 is 0 Å². The Hall–Kier alpha value is -3.82. The van der Waals surface area contributed by atoms with Gasteiger partial charge in [0.1, 0.15) is 16.6 Å². The minimum absolute atomic E-state index is 0.0115. The summed E-state index contributed by atoms with van der Waals surface area (Å²) in [5, 5.41) is 10.3. The van der Waals surface area contributed by atoms with Crippen molar-refractivity contribution in [2.45, 2.75) is 32.1 Å². The van der Waals surface area contributed by atoms with Crippen molar-refractivity contribution in [2.24, 2.45) is 0 Å². The minimum atomic E-state index is 0.0115. The molecule has 1 aliphatic heterocycles. The Balaban J connectivity index is 1.42. The topological polar surface area (TPSA) is 114 Å². The van der Waals surface area contributed by atoms with E-state index in [0.29, 0.717) is 39.4 Å². The molecule has 4 aromatic rings. The molecule has 1 aliphatic rings. The highest BCUT2D eigenvalue weighted by molar-refractivity contribution is 6.33. The number of ketones is 1. The number of benzene rings is 2. The Morgan fingerprint density at radius 2 is 1.86 bits per heavy atom. The standard InChI is InChI=1S/C27H28ClN7O2/c1-16(36)13-19-21(5-6-23-25(19)31-12-11-30-23)33-26-20(28)15-32-27(35-26)34-22-4-3-18(14-24(22)37-2)17-7-9-29-10-8-17/h3-6,11-12,14-15,17,29H,7-10,13H2,1-2H3,(H2,32,33,34,35). The first-order chi connectivity index (χ1) is 18.0. The Morgan fingerprint density at radius 1 is 1.08 bits per heavy atom. The average Bonchev–Trinajstić information content (AvgIpc) is 2.92. The molecule has 10 heteroatoms. The van der Waals surface area contributed by atoms with Gasteiger partial charge in [-0.05, 0) is 68.6 Å². The van der Waals surface area contributed by atoms with E-state index in [2.05, 4.69) is 48.0 Å². The maximum Gasteiger partial charge on any atom is 0.229 e. The van der Waals surface area contributed by atoms with Gasteiger partial charge in [-0.25, -0.2) is 4.98 Å². The van der Waals surface area contributed by atoms with Gasteiger partial charge in [-0.1, -0.05) is 17.7 Å². The SMILES string of the molecule is COc1cc(C2CCNCC2)ccc1Nc1ncc(Cl)c(Nc2ccc3nccnc3c2CC(C)=O)n1. The van der Waals surface area contributed by atoms with Crippen LogP contribution in [0.25, 0.3) is 11.0 Å². The average molecular weight is 518 g/mol. The molecule has 0 atom stereocenters. The van der Waals surface area contributed by atoms with Crippen molar-refractivity contribution in [3.05, 3.63) is 65.1 Å². The second kappa shape index (κ2) is 11.1. The summed E-state index contributed by atoms with van der Waals surface area (Å²) in [6, 6.07) is 9.90. The molecule has 37 heavy (non-hydrogen) atoms. The lowest BCUT2D eigenvalue weighted by Crippen LogP contribution is -2.26. The molecule has 1 fully saturated rings. The molecule has 0 radical (unpaired) electrons. The van der Waals surface area contributed by atoms with Crippen LogP contribution in [0.5, 0.6) is 5.75 Å². The molecule has 5 rings (SSSR count). The summed E-state index contributed by atoms with van der Waals surface area (Å²) in [6.45, 7) is 3.60. The van der Waals surface area contributed by atoms with Crippen molar-refractivity contribution in [1.82, 2.24) is 25.3 Å². The molecule has 0 aliphatic carbocycles. The number of anilines is 4. The van der Waals surface area contributed by atoms with Crippen LogP contribution >= 0.6 is 11.6 Å². The number of ether oxygens (including phenoxy) is 1. The largest absolute Gasteiger partial charge is 0.495 e. The summed E-state index contributed by atoms with van der Waals surface area (Å²) in [4.78, 5) is 29.8. The number of piperidine rings is 1. The summed E-state index contributed by atoms with van der Waals surface area (Å²) in [5.74, 6) is 2.01. The Kier molecular flexibility index (Phi) is 7.43. The summed E-state index contributed by atoms with van der Waals surface area (Å²) < 4.78 is 5.67. The molecule has 0 saturated carbocycles. The van der Waals surface area contributed by atoms with Gasteiger partial charge < -0.3 is 20.7 Å². The van der Waals surface area contributed by atoms with Gasteiger partial charge >= 0.3 is 0 Å². The summed E-state index contributed by atoms with van der Waals surface area (Å²) in [5.41, 5.74) is 4.80. The number of aromatic nitrogens is 4. The third-order valence-corrected chi connectivity index (χ3v) is 6.73. The lowest BCUT2D eigenvalue weighted by molar-refractivity contribution is -0.116. The first-order valence-corrected chi connectivity index (χ1v) is 12.6. The molecule has 3 N–H and O–H groups in total. The number of Topliss-reactive ketones (excluding diaryl/α,β-unsaturated/α-hetero) is 1. The highest BCUT2D eigenvalue weighted by atomic mass is 35.5. The molecule has 0 amide bonds. The van der Waals surface area contributed by atoms with Crippen LogP contribution in [0.2, 0.25) is 5.02 Å². The molecular formula is C27H28ClN7O2. The normalized spacial score (nSPS) is 13.9. The van der Waals surface area contributed by atoms with Gasteiger partial charge in [0.2, 0.25) is 5.95 Å². The first-order valence-electron chi connectivity index (χ1n) is 12.2. The van der Waals surface area contributed by atoms with Crippen LogP contribution in [0.3, 0.4) is 0 Å². The smallest absolute Gasteiger partial charge is 0.229 e. The number of hydrogen-bond donors (Lipinski definition) is 3. The second-order valence-electron chi connectivity index (χ2n) is 9.02. The molecule has 1 saturated heterocycles. The third kappa shape index (κ3) is 5.63. The van der Waals surface area contributed by atoms with Crippen LogP contribution < -0.4 is 20.7 Å². The summed E-state index contributed by atoms with van der Waals surface area (Å²) in [7, 11) is 1.65. The lowest BCUT2D eigenvalue weighted by Gasteiger charge is -2.24. The number of methoxy groups -OCH3 is 1. The Bertz CT molecular complexity index is 1440. The van der Waals surface area contributed by atoms with Crippen LogP contribution in [0.1, 0.15) is 36.8 Å². The fourth-order valence-corrected chi connectivity index (χ4v) is 4.76. The van der Waals surface area contributed by atoms with Crippen LogP contribution in [0.15, 0.2) is 48.9 Å². The minimum Gasteiger partial charge on any atom is -0.495 e. The van der Waals surface area contributed by atoms with Crippen molar-refractivity contribution in [1.29, 1.82) is 0 Å². The maximum absolute atomic E-state index is 12.0. The molecule has 190 valence electrons. The van der Waals surface area contributed by atoms with Crippen molar-refractivity contribution in [3.63, 3.8) is 0 Å². The molecule has 2 aromatic heterocycles. The number of nitrogens with one attached hydrogen (secondary N) is 3. The quantitative estimate of drug-likeness (QED) is 0.291. The van der Waals surface area contributed by atoms with E-state index in [1.807, 2.05) is 18.2 Å². The maximum atomic E-state index is 12.0. The number of halogens is 1. The van der Waals surface area contributed by atoms with Gasteiger partial charge in [0.15, 0.2) is 5.82 Å².